The van der Waals surface area contributed by atoms with Gasteiger partial charge in [0.2, 0.25) is 0 Å². The molecule has 0 N–H and O–H groups in total. The van der Waals surface area contributed by atoms with Crippen LogP contribution in [0.2, 0.25) is 19.6 Å². The van der Waals surface area contributed by atoms with Crippen molar-refractivity contribution in [2.45, 2.75) is 38.2 Å². The van der Waals surface area contributed by atoms with E-state index in [4.69, 9.17) is 4.74 Å². The summed E-state index contributed by atoms with van der Waals surface area (Å²) in [7, 11) is 0.853. The highest BCUT2D eigenvalue weighted by atomic mass is 28.3. The van der Waals surface area contributed by atoms with Crippen LogP contribution in [-0.2, 0) is 4.74 Å². The number of hydrogen-bond acceptors (Lipinski definition) is 1. The molecule has 0 amide bonds. The first-order valence-electron chi connectivity index (χ1n) is 4.08. The highest BCUT2D eigenvalue weighted by Crippen LogP contribution is 2.37. The number of hydrogen-bond donors (Lipinski definition) is 0. The topological polar surface area (TPSA) is 9.23 Å². The van der Waals surface area contributed by atoms with Crippen molar-refractivity contribution in [3.63, 3.8) is 0 Å². The summed E-state index contributed by atoms with van der Waals surface area (Å²) in [4.78, 5) is 0. The minimum atomic E-state index is -1.01. The summed E-state index contributed by atoms with van der Waals surface area (Å²) in [6, 6.07) is 0. The monoisotopic (exact) mass is 158 g/mol. The molecule has 0 heterocycles. The van der Waals surface area contributed by atoms with Crippen LogP contribution in [0.5, 0.6) is 0 Å². The van der Waals surface area contributed by atoms with E-state index in [1.807, 2.05) is 7.11 Å². The summed E-state index contributed by atoms with van der Waals surface area (Å²) in [5, 5.41) is 0. The zero-order chi connectivity index (χ0) is 7.78. The van der Waals surface area contributed by atoms with Gasteiger partial charge in [-0.2, -0.15) is 0 Å². The van der Waals surface area contributed by atoms with Crippen molar-refractivity contribution in [3.05, 3.63) is 0 Å². The van der Waals surface area contributed by atoms with Crippen LogP contribution < -0.4 is 0 Å². The van der Waals surface area contributed by atoms with E-state index in [1.54, 1.807) is 0 Å². The summed E-state index contributed by atoms with van der Waals surface area (Å²) in [5.41, 5.74) is 0.618. The van der Waals surface area contributed by atoms with E-state index >= 15 is 0 Å². The van der Waals surface area contributed by atoms with Crippen molar-refractivity contribution in [3.8, 4) is 0 Å². The van der Waals surface area contributed by atoms with Gasteiger partial charge >= 0.3 is 0 Å². The molecule has 60 valence electrons. The van der Waals surface area contributed by atoms with Gasteiger partial charge in [-0.25, -0.2) is 0 Å². The average Bonchev–Trinajstić information content (AvgIpc) is 2.46. The Kier molecular flexibility index (Phi) is 2.20. The SMILES string of the molecule is COC(C1CC1)[Si](C)(C)C. The molecular formula is C8H18OSi. The molecule has 1 unspecified atom stereocenters. The van der Waals surface area contributed by atoms with Crippen LogP contribution in [0.25, 0.3) is 0 Å². The lowest BCUT2D eigenvalue weighted by atomic mass is 10.5. The Morgan fingerprint density at radius 3 is 1.90 bits per heavy atom. The van der Waals surface area contributed by atoms with E-state index in [0.29, 0.717) is 5.73 Å². The van der Waals surface area contributed by atoms with Gasteiger partial charge in [0, 0.05) is 7.11 Å². The third kappa shape index (κ3) is 1.83. The smallest absolute Gasteiger partial charge is 0.0788 e. The van der Waals surface area contributed by atoms with Crippen LogP contribution >= 0.6 is 0 Å². The zero-order valence-electron chi connectivity index (χ0n) is 7.48. The van der Waals surface area contributed by atoms with E-state index in [1.165, 1.54) is 12.8 Å². The van der Waals surface area contributed by atoms with Gasteiger partial charge in [-0.05, 0) is 18.8 Å². The maximum atomic E-state index is 5.50. The molecule has 2 heteroatoms. The van der Waals surface area contributed by atoms with Gasteiger partial charge in [0.05, 0.1) is 13.8 Å². The molecule has 1 rings (SSSR count). The predicted molar refractivity (Wildman–Crippen MR) is 46.9 cm³/mol. The van der Waals surface area contributed by atoms with E-state index in [-0.39, 0.29) is 0 Å². The van der Waals surface area contributed by atoms with Crippen LogP contribution in [0.1, 0.15) is 12.8 Å². The van der Waals surface area contributed by atoms with Crippen molar-refractivity contribution in [2.24, 2.45) is 5.92 Å². The van der Waals surface area contributed by atoms with Crippen molar-refractivity contribution >= 4 is 8.07 Å². The molecule has 0 aromatic heterocycles. The summed E-state index contributed by atoms with van der Waals surface area (Å²) in [6.45, 7) is 7.17. The third-order valence-electron chi connectivity index (χ3n) is 2.16. The molecule has 1 saturated carbocycles. The Bertz CT molecular complexity index is 113. The van der Waals surface area contributed by atoms with E-state index < -0.39 is 8.07 Å². The lowest BCUT2D eigenvalue weighted by molar-refractivity contribution is 0.140. The Hall–Kier alpha value is 0.177. The highest BCUT2D eigenvalue weighted by molar-refractivity contribution is 6.77. The lowest BCUT2D eigenvalue weighted by Crippen LogP contribution is -2.41. The molecule has 1 nitrogen and oxygen atoms in total. The van der Waals surface area contributed by atoms with Crippen molar-refractivity contribution < 1.29 is 4.74 Å². The second kappa shape index (κ2) is 2.66. The number of rotatable bonds is 3. The maximum Gasteiger partial charge on any atom is 0.0788 e. The fourth-order valence-corrected chi connectivity index (χ4v) is 4.11. The van der Waals surface area contributed by atoms with Gasteiger partial charge in [-0.3, -0.25) is 0 Å². The molecule has 0 aromatic carbocycles. The molecule has 10 heavy (non-hydrogen) atoms. The molecule has 0 saturated heterocycles. The fraction of sp³-hybridized carbons (Fsp3) is 1.00. The highest BCUT2D eigenvalue weighted by Gasteiger charge is 2.39. The minimum Gasteiger partial charge on any atom is -0.385 e. The van der Waals surface area contributed by atoms with Crippen LogP contribution in [0.3, 0.4) is 0 Å². The summed E-state index contributed by atoms with van der Waals surface area (Å²) in [6.07, 6.45) is 2.81. The second-order valence-corrected chi connectivity index (χ2v) is 9.66. The van der Waals surface area contributed by atoms with Crippen molar-refractivity contribution in [2.75, 3.05) is 7.11 Å². The molecule has 0 aliphatic heterocycles. The fourth-order valence-electron chi connectivity index (χ4n) is 1.65. The Labute approximate surface area is 64.8 Å². The van der Waals surface area contributed by atoms with Gasteiger partial charge in [-0.1, -0.05) is 19.6 Å². The van der Waals surface area contributed by atoms with Crippen molar-refractivity contribution in [1.82, 2.24) is 0 Å². The molecular weight excluding hydrogens is 140 g/mol. The quantitative estimate of drug-likeness (QED) is 0.573. The van der Waals surface area contributed by atoms with Gasteiger partial charge in [0.25, 0.3) is 0 Å². The van der Waals surface area contributed by atoms with E-state index in [0.717, 1.165) is 5.92 Å². The summed E-state index contributed by atoms with van der Waals surface area (Å²) >= 11 is 0. The van der Waals surface area contributed by atoms with Crippen LogP contribution in [0.15, 0.2) is 0 Å². The first-order valence-corrected chi connectivity index (χ1v) is 7.66. The number of methoxy groups -OCH3 is 1. The van der Waals surface area contributed by atoms with E-state index in [2.05, 4.69) is 19.6 Å². The molecule has 1 fully saturated rings. The lowest BCUT2D eigenvalue weighted by Gasteiger charge is -2.27. The van der Waals surface area contributed by atoms with Gasteiger partial charge in [-0.15, -0.1) is 0 Å². The second-order valence-electron chi connectivity index (χ2n) is 4.36. The average molecular weight is 158 g/mol. The summed E-state index contributed by atoms with van der Waals surface area (Å²) in [5.74, 6) is 0.914. The molecule has 0 aromatic rings. The standard InChI is InChI=1S/C8H18OSi/c1-9-8(7-5-6-7)10(2,3)4/h7-8H,5-6H2,1-4H3. The normalized spacial score (nSPS) is 22.8. The Morgan fingerprint density at radius 1 is 1.30 bits per heavy atom. The van der Waals surface area contributed by atoms with Crippen LogP contribution in [-0.4, -0.2) is 20.9 Å². The third-order valence-corrected chi connectivity index (χ3v) is 4.57. The molecule has 0 bridgehead atoms. The molecule has 1 atom stereocenters. The molecule has 1 aliphatic rings. The molecule has 1 aliphatic carbocycles. The predicted octanol–water partition coefficient (Wildman–Crippen LogP) is 2.29. The Balaban J connectivity index is 2.46. The number of ether oxygens (including phenoxy) is 1. The first-order chi connectivity index (χ1) is 4.55. The minimum absolute atomic E-state index is 0.618. The zero-order valence-corrected chi connectivity index (χ0v) is 8.48. The van der Waals surface area contributed by atoms with Gasteiger partial charge < -0.3 is 4.74 Å². The van der Waals surface area contributed by atoms with Gasteiger partial charge in [0.15, 0.2) is 0 Å². The van der Waals surface area contributed by atoms with E-state index in [9.17, 15) is 0 Å². The van der Waals surface area contributed by atoms with Crippen LogP contribution in [0, 0.1) is 5.92 Å². The maximum absolute atomic E-state index is 5.50. The van der Waals surface area contributed by atoms with Gasteiger partial charge in [0.1, 0.15) is 0 Å². The summed E-state index contributed by atoms with van der Waals surface area (Å²) < 4.78 is 5.50. The first kappa shape index (κ1) is 8.28. The largest absolute Gasteiger partial charge is 0.385 e. The molecule has 0 spiro atoms. The Morgan fingerprint density at radius 2 is 1.80 bits per heavy atom. The van der Waals surface area contributed by atoms with Crippen molar-refractivity contribution in [1.29, 1.82) is 0 Å². The van der Waals surface area contributed by atoms with Crippen LogP contribution in [0.4, 0.5) is 0 Å². The molecule has 0 radical (unpaired) electrons.